The lowest BCUT2D eigenvalue weighted by atomic mass is 9.64. The van der Waals surface area contributed by atoms with Crippen molar-refractivity contribution in [3.63, 3.8) is 0 Å². The van der Waals surface area contributed by atoms with E-state index in [0.717, 1.165) is 131 Å². The highest BCUT2D eigenvalue weighted by Crippen LogP contribution is 2.51. The summed E-state index contributed by atoms with van der Waals surface area (Å²) in [5, 5.41) is 0. The number of ether oxygens (including phenoxy) is 2. The molecule has 0 aliphatic heterocycles. The Morgan fingerprint density at radius 3 is 1.22 bits per heavy atom. The molecule has 0 spiro atoms. The fraction of sp³-hybridized carbons (Fsp3) is 0.455. The van der Waals surface area contributed by atoms with Crippen LogP contribution in [-0.4, -0.2) is 0 Å². The zero-order valence-corrected chi connectivity index (χ0v) is 30.4. The number of hydrogen-bond donors (Lipinski definition) is 2. The van der Waals surface area contributed by atoms with Gasteiger partial charge < -0.3 is 20.9 Å². The lowest BCUT2D eigenvalue weighted by Crippen LogP contribution is -2.31. The Balaban J connectivity index is 1.33. The van der Waals surface area contributed by atoms with Crippen LogP contribution in [0.25, 0.3) is 0 Å². The minimum atomic E-state index is -4.64. The zero-order chi connectivity index (χ0) is 38.1. The van der Waals surface area contributed by atoms with Gasteiger partial charge in [-0.2, -0.15) is 26.3 Å². The van der Waals surface area contributed by atoms with E-state index in [9.17, 15) is 26.3 Å². The first kappa shape index (κ1) is 38.0. The smallest absolute Gasteiger partial charge is 0.420 e. The first-order valence-corrected chi connectivity index (χ1v) is 19.4. The molecule has 7 rings (SSSR count). The van der Waals surface area contributed by atoms with Gasteiger partial charge in [0.05, 0.1) is 0 Å². The third kappa shape index (κ3) is 8.03. The second-order valence-electron chi connectivity index (χ2n) is 15.5. The predicted molar refractivity (Wildman–Crippen MR) is 200 cm³/mol. The van der Waals surface area contributed by atoms with Gasteiger partial charge in [0.25, 0.3) is 0 Å². The van der Waals surface area contributed by atoms with Crippen molar-refractivity contribution in [2.75, 3.05) is 11.5 Å². The number of nitrogen functional groups attached to an aromatic ring is 2. The van der Waals surface area contributed by atoms with Crippen LogP contribution in [-0.2, 0) is 17.8 Å². The van der Waals surface area contributed by atoms with Crippen LogP contribution in [0.1, 0.15) is 142 Å². The van der Waals surface area contributed by atoms with Crippen LogP contribution in [0.4, 0.5) is 37.7 Å². The molecule has 0 unspecified atom stereocenters. The van der Waals surface area contributed by atoms with Crippen LogP contribution in [0, 0.1) is 0 Å². The Labute approximate surface area is 313 Å². The normalized spacial score (nSPS) is 18.7. The van der Waals surface area contributed by atoms with Gasteiger partial charge in [0.15, 0.2) is 0 Å². The molecule has 54 heavy (non-hydrogen) atoms. The standard InChI is InChI=1S/C44H48F6N2O2/c45-43(46,47)36-26-32(51)16-20-40(36)53-38-18-14-30(24-34(38)28-10-4-1-5-11-28)42(22-8-3-9-23-42)31-15-19-39(35(25-31)29-12-6-2-7-13-29)54-41-21-17-33(52)27-37(41)44(48,49)50/h14-21,24-29H,1-13,22-23,51-52H2. The number of anilines is 2. The van der Waals surface area contributed by atoms with Gasteiger partial charge >= 0.3 is 12.4 Å². The first-order chi connectivity index (χ1) is 25.8. The van der Waals surface area contributed by atoms with Crippen LogP contribution >= 0.6 is 0 Å². The summed E-state index contributed by atoms with van der Waals surface area (Å²) in [7, 11) is 0. The molecule has 10 heteroatoms. The molecule has 3 aliphatic rings. The molecule has 4 aromatic rings. The van der Waals surface area contributed by atoms with Gasteiger partial charge in [0.1, 0.15) is 34.1 Å². The third-order valence-electron chi connectivity index (χ3n) is 12.0. The molecule has 0 amide bonds. The fourth-order valence-electron chi connectivity index (χ4n) is 9.20. The van der Waals surface area contributed by atoms with Crippen molar-refractivity contribution < 1.29 is 35.8 Å². The SMILES string of the molecule is Nc1ccc(Oc2ccc(C3(c4ccc(Oc5ccc(N)cc5C(F)(F)F)c(C5CCCCC5)c4)CCCCC3)cc2C2CCCCC2)c(C(F)(F)F)c1. The van der Waals surface area contributed by atoms with Crippen molar-refractivity contribution in [3.8, 4) is 23.0 Å². The van der Waals surface area contributed by atoms with Gasteiger partial charge in [-0.25, -0.2) is 0 Å². The van der Waals surface area contributed by atoms with Crippen LogP contribution in [0.2, 0.25) is 0 Å². The summed E-state index contributed by atoms with van der Waals surface area (Å²) in [6.07, 6.45) is 5.58. The van der Waals surface area contributed by atoms with E-state index < -0.39 is 28.9 Å². The average molecular weight is 751 g/mol. The number of rotatable bonds is 8. The molecule has 3 saturated carbocycles. The molecule has 3 aliphatic carbocycles. The van der Waals surface area contributed by atoms with Gasteiger partial charge in [-0.1, -0.05) is 82.1 Å². The molecule has 0 saturated heterocycles. The summed E-state index contributed by atoms with van der Waals surface area (Å²) in [6.45, 7) is 0. The fourth-order valence-corrected chi connectivity index (χ4v) is 9.20. The Hall–Kier alpha value is -4.34. The molecule has 4 aromatic carbocycles. The van der Waals surface area contributed by atoms with Crippen molar-refractivity contribution in [1.82, 2.24) is 0 Å². The van der Waals surface area contributed by atoms with E-state index in [1.54, 1.807) is 0 Å². The van der Waals surface area contributed by atoms with Gasteiger partial charge in [-0.05, 0) is 121 Å². The summed E-state index contributed by atoms with van der Waals surface area (Å²) < 4.78 is 97.2. The molecule has 0 bridgehead atoms. The molecule has 4 N–H and O–H groups in total. The number of benzene rings is 4. The number of nitrogens with two attached hydrogens (primary N) is 2. The molecular weight excluding hydrogens is 702 g/mol. The monoisotopic (exact) mass is 750 g/mol. The predicted octanol–water partition coefficient (Wildman–Crippen LogP) is 13.8. The third-order valence-corrected chi connectivity index (χ3v) is 12.0. The van der Waals surface area contributed by atoms with Crippen LogP contribution in [0.5, 0.6) is 23.0 Å². The maximum absolute atomic E-state index is 14.1. The van der Waals surface area contributed by atoms with E-state index in [1.807, 2.05) is 24.3 Å². The van der Waals surface area contributed by atoms with E-state index in [1.165, 1.54) is 24.3 Å². The van der Waals surface area contributed by atoms with Gasteiger partial charge in [0.2, 0.25) is 0 Å². The minimum absolute atomic E-state index is 0.00930. The molecule has 288 valence electrons. The molecule has 0 radical (unpaired) electrons. The number of alkyl halides is 6. The first-order valence-electron chi connectivity index (χ1n) is 19.4. The van der Waals surface area contributed by atoms with E-state index >= 15 is 0 Å². The minimum Gasteiger partial charge on any atom is -0.456 e. The lowest BCUT2D eigenvalue weighted by molar-refractivity contribution is -0.139. The quantitative estimate of drug-likeness (QED) is 0.139. The van der Waals surface area contributed by atoms with Crippen molar-refractivity contribution in [1.29, 1.82) is 0 Å². The van der Waals surface area contributed by atoms with Gasteiger partial charge in [0, 0.05) is 16.8 Å². The van der Waals surface area contributed by atoms with E-state index in [2.05, 4.69) is 12.1 Å². The molecule has 3 fully saturated rings. The average Bonchev–Trinajstić information content (AvgIpc) is 3.16. The van der Waals surface area contributed by atoms with E-state index in [-0.39, 0.29) is 34.7 Å². The summed E-state index contributed by atoms with van der Waals surface area (Å²) >= 11 is 0. The van der Waals surface area contributed by atoms with Crippen molar-refractivity contribution >= 4 is 11.4 Å². The maximum Gasteiger partial charge on any atom is 0.420 e. The highest BCUT2D eigenvalue weighted by Gasteiger charge is 2.40. The Morgan fingerprint density at radius 2 is 0.833 bits per heavy atom. The maximum atomic E-state index is 14.1. The summed E-state index contributed by atoms with van der Waals surface area (Å²) in [5.41, 5.74) is 13.3. The van der Waals surface area contributed by atoms with Crippen LogP contribution in [0.3, 0.4) is 0 Å². The molecular formula is C44H48F6N2O2. The molecule has 0 aromatic heterocycles. The highest BCUT2D eigenvalue weighted by atomic mass is 19.4. The van der Waals surface area contributed by atoms with Crippen molar-refractivity contribution in [2.24, 2.45) is 0 Å². The Morgan fingerprint density at radius 1 is 0.463 bits per heavy atom. The second-order valence-corrected chi connectivity index (χ2v) is 15.5. The van der Waals surface area contributed by atoms with E-state index in [4.69, 9.17) is 20.9 Å². The van der Waals surface area contributed by atoms with Crippen LogP contribution < -0.4 is 20.9 Å². The van der Waals surface area contributed by atoms with E-state index in [0.29, 0.717) is 11.5 Å². The Bertz CT molecular complexity index is 1800. The van der Waals surface area contributed by atoms with Crippen LogP contribution in [0.15, 0.2) is 72.8 Å². The summed E-state index contributed by atoms with van der Waals surface area (Å²) in [5.74, 6) is 0.542. The highest BCUT2D eigenvalue weighted by molar-refractivity contribution is 5.56. The number of halogens is 6. The second kappa shape index (κ2) is 15.4. The topological polar surface area (TPSA) is 70.5 Å². The molecule has 0 heterocycles. The summed E-state index contributed by atoms with van der Waals surface area (Å²) in [6, 6.07) is 19.3. The number of hydrogen-bond acceptors (Lipinski definition) is 4. The van der Waals surface area contributed by atoms with Crippen molar-refractivity contribution in [2.45, 2.75) is 126 Å². The van der Waals surface area contributed by atoms with Gasteiger partial charge in [-0.3, -0.25) is 0 Å². The molecule has 4 nitrogen and oxygen atoms in total. The lowest BCUT2D eigenvalue weighted by Gasteiger charge is -2.40. The zero-order valence-electron chi connectivity index (χ0n) is 30.4. The largest absolute Gasteiger partial charge is 0.456 e. The molecule has 0 atom stereocenters. The van der Waals surface area contributed by atoms with Crippen molar-refractivity contribution in [3.05, 3.63) is 106 Å². The summed E-state index contributed by atoms with van der Waals surface area (Å²) in [4.78, 5) is 0. The Kier molecular flexibility index (Phi) is 10.8. The van der Waals surface area contributed by atoms with Gasteiger partial charge in [-0.15, -0.1) is 0 Å².